The normalized spacial score (nSPS) is 20.7. The molecule has 25 heavy (non-hydrogen) atoms. The van der Waals surface area contributed by atoms with Crippen LogP contribution in [0.4, 0.5) is 4.79 Å². The van der Waals surface area contributed by atoms with Crippen LogP contribution in [0.25, 0.3) is 0 Å². The van der Waals surface area contributed by atoms with Crippen molar-refractivity contribution in [1.82, 2.24) is 4.90 Å². The van der Waals surface area contributed by atoms with E-state index in [1.54, 1.807) is 24.1 Å². The maximum atomic E-state index is 12.4. The van der Waals surface area contributed by atoms with E-state index in [2.05, 4.69) is 6.07 Å². The van der Waals surface area contributed by atoms with E-state index in [9.17, 15) is 10.1 Å². The minimum atomic E-state index is -0.673. The number of likely N-dealkylation sites (tertiary alicyclic amines) is 1. The molecule has 1 aromatic rings. The SMILES string of the molecule is COc1ccc(Cl)cc1CC1(C#N)CCCN(C(=O)OC(C)(C)C)C1. The summed E-state index contributed by atoms with van der Waals surface area (Å²) in [6.45, 7) is 6.45. The molecule has 0 radical (unpaired) electrons. The Morgan fingerprint density at radius 1 is 1.44 bits per heavy atom. The van der Waals surface area contributed by atoms with Crippen LogP contribution >= 0.6 is 11.6 Å². The number of hydrogen-bond donors (Lipinski definition) is 0. The minimum Gasteiger partial charge on any atom is -0.496 e. The maximum Gasteiger partial charge on any atom is 0.410 e. The molecule has 1 unspecified atom stereocenters. The number of ether oxygens (including phenoxy) is 2. The Hall–Kier alpha value is -1.93. The zero-order valence-electron chi connectivity index (χ0n) is 15.3. The fourth-order valence-corrected chi connectivity index (χ4v) is 3.33. The predicted molar refractivity (Wildman–Crippen MR) is 96.8 cm³/mol. The molecule has 6 heteroatoms. The van der Waals surface area contributed by atoms with Gasteiger partial charge in [-0.15, -0.1) is 0 Å². The summed E-state index contributed by atoms with van der Waals surface area (Å²) in [5.41, 5.74) is -0.352. The van der Waals surface area contributed by atoms with Gasteiger partial charge in [-0.25, -0.2) is 4.79 Å². The molecular weight excluding hydrogens is 340 g/mol. The summed E-state index contributed by atoms with van der Waals surface area (Å²) in [6.07, 6.45) is 1.59. The molecule has 0 bridgehead atoms. The third kappa shape index (κ3) is 5.02. The Bertz CT molecular complexity index is 678. The molecule has 1 aliphatic heterocycles. The van der Waals surface area contributed by atoms with Crippen LogP contribution in [0.15, 0.2) is 18.2 Å². The van der Waals surface area contributed by atoms with Crippen LogP contribution in [-0.2, 0) is 11.2 Å². The van der Waals surface area contributed by atoms with Crippen molar-refractivity contribution in [3.8, 4) is 11.8 Å². The van der Waals surface area contributed by atoms with Gasteiger partial charge in [0.15, 0.2) is 0 Å². The fourth-order valence-electron chi connectivity index (χ4n) is 3.14. The molecule has 0 spiro atoms. The van der Waals surface area contributed by atoms with Crippen LogP contribution in [0.3, 0.4) is 0 Å². The Balaban J connectivity index is 2.21. The number of nitriles is 1. The lowest BCUT2D eigenvalue weighted by Gasteiger charge is -2.39. The zero-order valence-corrected chi connectivity index (χ0v) is 16.0. The number of hydrogen-bond acceptors (Lipinski definition) is 4. The lowest BCUT2D eigenvalue weighted by molar-refractivity contribution is 0.0111. The minimum absolute atomic E-state index is 0.341. The second-order valence-electron chi connectivity index (χ2n) is 7.53. The highest BCUT2D eigenvalue weighted by molar-refractivity contribution is 6.30. The van der Waals surface area contributed by atoms with Crippen molar-refractivity contribution in [2.24, 2.45) is 5.41 Å². The van der Waals surface area contributed by atoms with Gasteiger partial charge in [0.2, 0.25) is 0 Å². The molecular formula is C19H25ClN2O3. The molecule has 1 aromatic carbocycles. The van der Waals surface area contributed by atoms with Crippen LogP contribution in [0, 0.1) is 16.7 Å². The van der Waals surface area contributed by atoms with E-state index in [0.29, 0.717) is 30.3 Å². The quantitative estimate of drug-likeness (QED) is 0.795. The van der Waals surface area contributed by atoms with E-state index >= 15 is 0 Å². The third-order valence-electron chi connectivity index (χ3n) is 4.24. The molecule has 1 amide bonds. The standard InChI is InChI=1S/C19H25ClN2O3/c1-18(2,3)25-17(23)22-9-5-8-19(12-21,13-22)11-14-10-15(20)6-7-16(14)24-4/h6-7,10H,5,8-9,11,13H2,1-4H3. The first-order chi connectivity index (χ1) is 11.7. The number of methoxy groups -OCH3 is 1. The first-order valence-electron chi connectivity index (χ1n) is 8.40. The van der Waals surface area contributed by atoms with Crippen LogP contribution in [0.5, 0.6) is 5.75 Å². The molecule has 0 N–H and O–H groups in total. The number of piperidine rings is 1. The molecule has 1 aliphatic rings. The highest BCUT2D eigenvalue weighted by atomic mass is 35.5. The van der Waals surface area contributed by atoms with Gasteiger partial charge in [0.1, 0.15) is 11.4 Å². The van der Waals surface area contributed by atoms with E-state index < -0.39 is 11.0 Å². The van der Waals surface area contributed by atoms with Crippen molar-refractivity contribution in [1.29, 1.82) is 5.26 Å². The van der Waals surface area contributed by atoms with Gasteiger partial charge in [0.25, 0.3) is 0 Å². The summed E-state index contributed by atoms with van der Waals surface area (Å²) in [6, 6.07) is 7.83. The molecule has 1 fully saturated rings. The number of amides is 1. The average Bonchev–Trinajstić information content (AvgIpc) is 2.54. The highest BCUT2D eigenvalue weighted by Gasteiger charge is 2.39. The molecule has 5 nitrogen and oxygen atoms in total. The lowest BCUT2D eigenvalue weighted by Crippen LogP contribution is -2.48. The summed E-state index contributed by atoms with van der Waals surface area (Å²) >= 11 is 6.11. The Labute approximate surface area is 154 Å². The summed E-state index contributed by atoms with van der Waals surface area (Å²) in [4.78, 5) is 14.0. The molecule has 0 aliphatic carbocycles. The molecule has 1 saturated heterocycles. The van der Waals surface area contributed by atoms with Gasteiger partial charge >= 0.3 is 6.09 Å². The number of benzene rings is 1. The highest BCUT2D eigenvalue weighted by Crippen LogP contribution is 2.37. The Morgan fingerprint density at radius 3 is 2.76 bits per heavy atom. The van der Waals surface area contributed by atoms with E-state index in [1.807, 2.05) is 26.8 Å². The third-order valence-corrected chi connectivity index (χ3v) is 4.47. The number of carbonyl (C=O) groups excluding carboxylic acids is 1. The second-order valence-corrected chi connectivity index (χ2v) is 7.97. The van der Waals surface area contributed by atoms with Crippen LogP contribution < -0.4 is 4.74 Å². The summed E-state index contributed by atoms with van der Waals surface area (Å²) < 4.78 is 10.9. The van der Waals surface area contributed by atoms with Gasteiger partial charge in [-0.05, 0) is 63.8 Å². The van der Waals surface area contributed by atoms with Crippen LogP contribution in [0.2, 0.25) is 5.02 Å². The smallest absolute Gasteiger partial charge is 0.410 e. The van der Waals surface area contributed by atoms with Crippen molar-refractivity contribution in [3.63, 3.8) is 0 Å². The number of nitrogens with zero attached hydrogens (tertiary/aromatic N) is 2. The number of carbonyl (C=O) groups is 1. The topological polar surface area (TPSA) is 62.6 Å². The van der Waals surface area contributed by atoms with Crippen molar-refractivity contribution in [2.45, 2.75) is 45.6 Å². The molecule has 0 aromatic heterocycles. The monoisotopic (exact) mass is 364 g/mol. The van der Waals surface area contributed by atoms with Gasteiger partial charge in [-0.1, -0.05) is 11.6 Å². The molecule has 1 heterocycles. The largest absolute Gasteiger partial charge is 0.496 e. The van der Waals surface area contributed by atoms with Crippen molar-refractivity contribution < 1.29 is 14.3 Å². The van der Waals surface area contributed by atoms with Crippen LogP contribution in [-0.4, -0.2) is 36.8 Å². The molecule has 136 valence electrons. The average molecular weight is 365 g/mol. The second kappa shape index (κ2) is 7.53. The summed E-state index contributed by atoms with van der Waals surface area (Å²) in [7, 11) is 1.60. The maximum absolute atomic E-state index is 12.4. The van der Waals surface area contributed by atoms with Crippen molar-refractivity contribution in [2.75, 3.05) is 20.2 Å². The van der Waals surface area contributed by atoms with Gasteiger partial charge < -0.3 is 14.4 Å². The van der Waals surface area contributed by atoms with E-state index in [4.69, 9.17) is 21.1 Å². The van der Waals surface area contributed by atoms with Gasteiger partial charge in [0, 0.05) is 18.1 Å². The van der Waals surface area contributed by atoms with Gasteiger partial charge in [-0.2, -0.15) is 5.26 Å². The van der Waals surface area contributed by atoms with Crippen molar-refractivity contribution >= 4 is 17.7 Å². The Kier molecular flexibility index (Phi) is 5.84. The lowest BCUT2D eigenvalue weighted by atomic mass is 9.76. The van der Waals surface area contributed by atoms with E-state index in [0.717, 1.165) is 18.4 Å². The Morgan fingerprint density at radius 2 is 2.16 bits per heavy atom. The fraction of sp³-hybridized carbons (Fsp3) is 0.579. The van der Waals surface area contributed by atoms with E-state index in [-0.39, 0.29) is 6.09 Å². The molecule has 2 rings (SSSR count). The van der Waals surface area contributed by atoms with Gasteiger partial charge in [0.05, 0.1) is 18.6 Å². The molecule has 0 saturated carbocycles. The zero-order chi connectivity index (χ0) is 18.7. The summed E-state index contributed by atoms with van der Waals surface area (Å²) in [5, 5.41) is 10.5. The van der Waals surface area contributed by atoms with Crippen LogP contribution in [0.1, 0.15) is 39.2 Å². The molecule has 1 atom stereocenters. The first-order valence-corrected chi connectivity index (χ1v) is 8.77. The predicted octanol–water partition coefficient (Wildman–Crippen LogP) is 4.43. The van der Waals surface area contributed by atoms with Gasteiger partial charge in [-0.3, -0.25) is 0 Å². The number of halogens is 1. The number of rotatable bonds is 3. The summed E-state index contributed by atoms with van der Waals surface area (Å²) in [5.74, 6) is 0.702. The van der Waals surface area contributed by atoms with E-state index in [1.165, 1.54) is 0 Å². The van der Waals surface area contributed by atoms with Crippen molar-refractivity contribution in [3.05, 3.63) is 28.8 Å². The first kappa shape index (κ1) is 19.4.